The number of benzene rings is 3. The second-order valence-electron chi connectivity index (χ2n) is 11.6. The molecule has 0 radical (unpaired) electrons. The number of hydrogen-bond acceptors (Lipinski definition) is 4. The minimum atomic E-state index is -2.51. The quantitative estimate of drug-likeness (QED) is 0.158. The average Bonchev–Trinajstić information content (AvgIpc) is 2.95. The van der Waals surface area contributed by atoms with Crippen molar-refractivity contribution in [3.63, 3.8) is 0 Å². The molecule has 208 valence electrons. The lowest BCUT2D eigenvalue weighted by Crippen LogP contribution is -2.66. The number of rotatable bonds is 10. The maximum atomic E-state index is 7.03. The topological polar surface area (TPSA) is 36.9 Å². The Morgan fingerprint density at radius 1 is 0.923 bits per heavy atom. The first kappa shape index (κ1) is 29.3. The fraction of sp³-hybridized carbons (Fsp3) is 0.412. The van der Waals surface area contributed by atoms with Crippen LogP contribution in [0.4, 0.5) is 0 Å². The zero-order chi connectivity index (χ0) is 27.9. The van der Waals surface area contributed by atoms with Crippen LogP contribution >= 0.6 is 0 Å². The van der Waals surface area contributed by atoms with Crippen LogP contribution in [0.25, 0.3) is 0 Å². The van der Waals surface area contributed by atoms with Crippen LogP contribution in [0.5, 0.6) is 5.75 Å². The van der Waals surface area contributed by atoms with Crippen molar-refractivity contribution in [1.82, 2.24) is 0 Å². The molecule has 4 nitrogen and oxygen atoms in total. The van der Waals surface area contributed by atoms with E-state index in [2.05, 4.69) is 107 Å². The van der Waals surface area contributed by atoms with Crippen LogP contribution < -0.4 is 15.1 Å². The summed E-state index contributed by atoms with van der Waals surface area (Å²) in [5, 5.41) is 2.61. The highest BCUT2D eigenvalue weighted by molar-refractivity contribution is 6.99. The largest absolute Gasteiger partial charge is 0.497 e. The highest BCUT2D eigenvalue weighted by Crippen LogP contribution is 2.37. The van der Waals surface area contributed by atoms with Crippen molar-refractivity contribution < 1.29 is 18.6 Å². The zero-order valence-corrected chi connectivity index (χ0v) is 25.3. The lowest BCUT2D eigenvalue weighted by molar-refractivity contribution is -0.245. The van der Waals surface area contributed by atoms with E-state index in [0.717, 1.165) is 17.7 Å². The summed E-state index contributed by atoms with van der Waals surface area (Å²) < 4.78 is 24.8. The van der Waals surface area contributed by atoms with Crippen LogP contribution in [0.1, 0.15) is 52.9 Å². The minimum absolute atomic E-state index is 0.0193. The molecule has 1 fully saturated rings. The maximum Gasteiger partial charge on any atom is 0.261 e. The van der Waals surface area contributed by atoms with E-state index in [0.29, 0.717) is 19.1 Å². The second-order valence-corrected chi connectivity index (χ2v) is 15.9. The summed E-state index contributed by atoms with van der Waals surface area (Å²) in [4.78, 5) is 0. The predicted octanol–water partition coefficient (Wildman–Crippen LogP) is 6.90. The molecule has 0 saturated carbocycles. The van der Waals surface area contributed by atoms with Crippen molar-refractivity contribution >= 4 is 18.7 Å². The summed E-state index contributed by atoms with van der Waals surface area (Å²) in [6.45, 7) is 12.7. The molecule has 4 atom stereocenters. The fourth-order valence-corrected chi connectivity index (χ4v) is 10.3. The molecule has 5 heteroatoms. The normalized spacial score (nSPS) is 21.1. The van der Waals surface area contributed by atoms with E-state index in [-0.39, 0.29) is 23.4 Å². The Labute approximate surface area is 236 Å². The van der Waals surface area contributed by atoms with Crippen molar-refractivity contribution in [3.8, 4) is 5.75 Å². The Hall–Kier alpha value is -2.70. The van der Waals surface area contributed by atoms with Gasteiger partial charge in [0.1, 0.15) is 5.75 Å². The van der Waals surface area contributed by atoms with Gasteiger partial charge in [-0.15, -0.1) is 0 Å². The Morgan fingerprint density at radius 2 is 1.51 bits per heavy atom. The van der Waals surface area contributed by atoms with Gasteiger partial charge in [-0.05, 0) is 34.0 Å². The molecule has 1 unspecified atom stereocenters. The van der Waals surface area contributed by atoms with Gasteiger partial charge in [0.2, 0.25) is 0 Å². The molecule has 0 aromatic heterocycles. The molecule has 0 bridgehead atoms. The van der Waals surface area contributed by atoms with Gasteiger partial charge >= 0.3 is 0 Å². The standard InChI is InChI=1S/C34H44O4Si/c1-26(32-27(2)25-36-33(38-32)28-20-22-29(35-6)23-21-28)15-13-14-24-37-39(34(3,4)5,30-16-9-7-10-17-30)31-18-11-8-12-19-31/h7-13,15-23,26-27,32-33H,14,24-25H2,1-6H3/b15-13+/t26-,27+,32-,33?/m0/s1. The van der Waals surface area contributed by atoms with Gasteiger partial charge in [-0.1, -0.05) is 120 Å². The Balaban J connectivity index is 1.43. The first-order valence-corrected chi connectivity index (χ1v) is 16.0. The first-order valence-electron chi connectivity index (χ1n) is 14.1. The predicted molar refractivity (Wildman–Crippen MR) is 162 cm³/mol. The lowest BCUT2D eigenvalue weighted by Gasteiger charge is -2.43. The van der Waals surface area contributed by atoms with E-state index in [9.17, 15) is 0 Å². The summed E-state index contributed by atoms with van der Waals surface area (Å²) in [5.74, 6) is 1.40. The molecular weight excluding hydrogens is 500 g/mol. The summed E-state index contributed by atoms with van der Waals surface area (Å²) in [6, 6.07) is 29.6. The molecule has 1 heterocycles. The van der Waals surface area contributed by atoms with Gasteiger partial charge in [0.05, 0.1) is 19.8 Å². The molecule has 1 saturated heterocycles. The highest BCUT2D eigenvalue weighted by Gasteiger charge is 2.49. The van der Waals surface area contributed by atoms with E-state index < -0.39 is 8.32 Å². The summed E-state index contributed by atoms with van der Waals surface area (Å²) in [5.41, 5.74) is 1.02. The zero-order valence-electron chi connectivity index (χ0n) is 24.3. The molecule has 39 heavy (non-hydrogen) atoms. The third kappa shape index (κ3) is 6.72. The van der Waals surface area contributed by atoms with Crippen LogP contribution in [-0.2, 0) is 13.9 Å². The van der Waals surface area contributed by atoms with Crippen LogP contribution in [0.3, 0.4) is 0 Å². The van der Waals surface area contributed by atoms with Crippen molar-refractivity contribution in [3.05, 3.63) is 103 Å². The van der Waals surface area contributed by atoms with Gasteiger partial charge < -0.3 is 18.6 Å². The molecule has 3 aromatic rings. The molecule has 1 aliphatic rings. The number of hydrogen-bond donors (Lipinski definition) is 0. The van der Waals surface area contributed by atoms with Gasteiger partial charge in [-0.25, -0.2) is 0 Å². The molecule has 0 amide bonds. The SMILES string of the molecule is COc1ccc(C2OC[C@@H](C)[C@H]([C@@H](C)/C=C/CCO[Si](c3ccccc3)(c3ccccc3)C(C)(C)C)O2)cc1. The van der Waals surface area contributed by atoms with Crippen molar-refractivity contribution in [1.29, 1.82) is 0 Å². The fourth-order valence-electron chi connectivity index (χ4n) is 5.69. The van der Waals surface area contributed by atoms with E-state index in [1.54, 1.807) is 7.11 Å². The first-order chi connectivity index (χ1) is 18.8. The Morgan fingerprint density at radius 3 is 2.05 bits per heavy atom. The van der Waals surface area contributed by atoms with Crippen molar-refractivity contribution in [2.45, 2.75) is 58.5 Å². The van der Waals surface area contributed by atoms with E-state index in [4.69, 9.17) is 18.6 Å². The van der Waals surface area contributed by atoms with Crippen molar-refractivity contribution in [2.24, 2.45) is 11.8 Å². The van der Waals surface area contributed by atoms with Crippen LogP contribution in [0, 0.1) is 11.8 Å². The van der Waals surface area contributed by atoms with Gasteiger partial charge in [0.25, 0.3) is 8.32 Å². The molecule has 0 N–H and O–H groups in total. The monoisotopic (exact) mass is 544 g/mol. The maximum absolute atomic E-state index is 7.03. The molecule has 1 aliphatic heterocycles. The minimum Gasteiger partial charge on any atom is -0.497 e. The smallest absolute Gasteiger partial charge is 0.261 e. The third-order valence-corrected chi connectivity index (χ3v) is 12.8. The summed E-state index contributed by atoms with van der Waals surface area (Å²) in [7, 11) is -0.833. The summed E-state index contributed by atoms with van der Waals surface area (Å²) >= 11 is 0. The van der Waals surface area contributed by atoms with Gasteiger partial charge in [-0.2, -0.15) is 0 Å². The van der Waals surface area contributed by atoms with E-state index in [1.165, 1.54) is 10.4 Å². The van der Waals surface area contributed by atoms with Gasteiger partial charge in [0.15, 0.2) is 6.29 Å². The van der Waals surface area contributed by atoms with Crippen LogP contribution in [-0.4, -0.2) is 34.7 Å². The lowest BCUT2D eigenvalue weighted by atomic mass is 9.92. The van der Waals surface area contributed by atoms with E-state index in [1.807, 2.05) is 24.3 Å². The van der Waals surface area contributed by atoms with Crippen molar-refractivity contribution in [2.75, 3.05) is 20.3 Å². The van der Waals surface area contributed by atoms with Crippen LogP contribution in [0.15, 0.2) is 97.1 Å². The Kier molecular flexibility index (Phi) is 9.84. The van der Waals surface area contributed by atoms with E-state index >= 15 is 0 Å². The molecule has 0 aliphatic carbocycles. The van der Waals surface area contributed by atoms with Gasteiger partial charge in [0, 0.05) is 24.0 Å². The average molecular weight is 545 g/mol. The summed E-state index contributed by atoms with van der Waals surface area (Å²) in [6.07, 6.45) is 5.13. The molecular formula is C34H44O4Si. The highest BCUT2D eigenvalue weighted by atomic mass is 28.4. The molecule has 0 spiro atoms. The second kappa shape index (κ2) is 13.1. The van der Waals surface area contributed by atoms with Crippen LogP contribution in [0.2, 0.25) is 5.04 Å². The number of methoxy groups -OCH3 is 1. The Bertz CT molecular complexity index is 1130. The van der Waals surface area contributed by atoms with Gasteiger partial charge in [-0.3, -0.25) is 0 Å². The molecule has 4 rings (SSSR count). The third-order valence-electron chi connectivity index (χ3n) is 7.72. The molecule has 3 aromatic carbocycles. The number of ether oxygens (including phenoxy) is 3.